The SMILES string of the molecule is CN(C)CCn1nnnc1SCC1(C(=O)O)CS[C@@H]2C(NC(=O)C(=NOCC(=O)O)c3nsc(N)n3)C(=O)N2C1. The van der Waals surface area contributed by atoms with Gasteiger partial charge in [0, 0.05) is 36.1 Å². The molecule has 216 valence electrons. The largest absolute Gasteiger partial charge is 0.481 e. The van der Waals surface area contributed by atoms with E-state index < -0.39 is 52.9 Å². The molecule has 4 rings (SSSR count). The molecule has 0 bridgehead atoms. The highest BCUT2D eigenvalue weighted by atomic mass is 32.2. The van der Waals surface area contributed by atoms with E-state index in [1.165, 1.54) is 28.4 Å². The third kappa shape index (κ3) is 6.42. The molecule has 0 saturated carbocycles. The van der Waals surface area contributed by atoms with Crippen molar-refractivity contribution in [1.82, 2.24) is 44.7 Å². The summed E-state index contributed by atoms with van der Waals surface area (Å²) in [7, 11) is 3.83. The van der Waals surface area contributed by atoms with Gasteiger partial charge >= 0.3 is 11.9 Å². The molecule has 40 heavy (non-hydrogen) atoms. The molecular formula is C19H25N11O7S3. The highest BCUT2D eigenvalue weighted by Gasteiger charge is 2.57. The van der Waals surface area contributed by atoms with Crippen molar-refractivity contribution < 1.29 is 34.2 Å². The number of nitrogens with two attached hydrogens (primary N) is 1. The maximum Gasteiger partial charge on any atom is 0.344 e. The number of oxime groups is 1. The lowest BCUT2D eigenvalue weighted by molar-refractivity contribution is -0.157. The van der Waals surface area contributed by atoms with Crippen molar-refractivity contribution in [2.24, 2.45) is 10.6 Å². The predicted octanol–water partition coefficient (Wildman–Crippen LogP) is -2.26. The molecule has 2 aliphatic heterocycles. The number of aromatic nitrogens is 6. The van der Waals surface area contributed by atoms with Crippen molar-refractivity contribution in [3.05, 3.63) is 5.82 Å². The summed E-state index contributed by atoms with van der Waals surface area (Å²) in [5.74, 6) is -3.63. The van der Waals surface area contributed by atoms with Crippen LogP contribution in [0.1, 0.15) is 5.82 Å². The van der Waals surface area contributed by atoms with Crippen LogP contribution in [0.4, 0.5) is 5.13 Å². The van der Waals surface area contributed by atoms with Gasteiger partial charge < -0.3 is 35.9 Å². The third-order valence-corrected chi connectivity index (χ3v) is 9.21. The van der Waals surface area contributed by atoms with Gasteiger partial charge in [0.05, 0.1) is 6.54 Å². The number of thioether (sulfide) groups is 2. The summed E-state index contributed by atoms with van der Waals surface area (Å²) < 4.78 is 5.49. The zero-order chi connectivity index (χ0) is 29.0. The van der Waals surface area contributed by atoms with Crippen LogP contribution in [0.3, 0.4) is 0 Å². The molecule has 2 amide bonds. The minimum atomic E-state index is -1.32. The van der Waals surface area contributed by atoms with E-state index >= 15 is 0 Å². The Morgan fingerprint density at radius 3 is 2.77 bits per heavy atom. The number of nitrogens with zero attached hydrogens (tertiary/aromatic N) is 9. The lowest BCUT2D eigenvalue weighted by atomic mass is 9.89. The van der Waals surface area contributed by atoms with Crippen LogP contribution in [-0.4, -0.2) is 136 Å². The number of amides is 2. The lowest BCUT2D eigenvalue weighted by Gasteiger charge is -2.53. The van der Waals surface area contributed by atoms with E-state index in [1.54, 1.807) is 4.68 Å². The normalized spacial score (nSPS) is 22.5. The number of aliphatic carboxylic acids is 2. The van der Waals surface area contributed by atoms with Gasteiger partial charge in [0.25, 0.3) is 5.91 Å². The number of carbonyl (C=O) groups excluding carboxylic acids is 2. The number of carbonyl (C=O) groups is 4. The summed E-state index contributed by atoms with van der Waals surface area (Å²) in [6.07, 6.45) is 0. The second kappa shape index (κ2) is 12.3. The summed E-state index contributed by atoms with van der Waals surface area (Å²) in [4.78, 5) is 61.0. The van der Waals surface area contributed by atoms with Gasteiger partial charge in [0.15, 0.2) is 5.13 Å². The quantitative estimate of drug-likeness (QED) is 0.0803. The number of rotatable bonds is 13. The van der Waals surface area contributed by atoms with Crippen LogP contribution in [0, 0.1) is 5.41 Å². The molecule has 0 radical (unpaired) electrons. The maximum atomic E-state index is 13.0. The van der Waals surface area contributed by atoms with Crippen molar-refractivity contribution >= 4 is 69.7 Å². The Balaban J connectivity index is 1.41. The number of hydrogen-bond acceptors (Lipinski definition) is 16. The van der Waals surface area contributed by atoms with Crippen LogP contribution in [0.25, 0.3) is 0 Å². The average molecular weight is 616 g/mol. The minimum absolute atomic E-state index is 0.0390. The standard InChI is InChI=1S/C19H25N11O7S3/c1-28(2)3-4-30-18(23-26-27-30)39-8-19(16(35)36)6-29-14(34)11(15(29)38-7-19)21-13(33)10(24-37-5-9(31)32)12-22-17(20)40-25-12/h11,15H,3-8H2,1-2H3,(H,21,33)(H,31,32)(H,35,36)(H2,20,22,25)/t11?,15-,19?/m1/s1. The summed E-state index contributed by atoms with van der Waals surface area (Å²) in [6, 6.07) is -0.976. The number of carboxylic acids is 2. The van der Waals surface area contributed by atoms with Crippen molar-refractivity contribution in [2.45, 2.75) is 23.1 Å². The topological polar surface area (TPSA) is 244 Å². The van der Waals surface area contributed by atoms with E-state index in [9.17, 15) is 24.3 Å². The fourth-order valence-corrected chi connectivity index (χ4v) is 6.92. The van der Waals surface area contributed by atoms with Crippen molar-refractivity contribution in [1.29, 1.82) is 0 Å². The second-order valence-corrected chi connectivity index (χ2v) is 11.9. The number of nitrogens with one attached hydrogen (secondary N) is 1. The molecule has 3 atom stereocenters. The molecule has 0 aliphatic carbocycles. The van der Waals surface area contributed by atoms with Gasteiger partial charge in [-0.1, -0.05) is 16.9 Å². The molecule has 2 fully saturated rings. The monoisotopic (exact) mass is 615 g/mol. The van der Waals surface area contributed by atoms with Crippen molar-refractivity contribution in [2.75, 3.05) is 51.0 Å². The minimum Gasteiger partial charge on any atom is -0.481 e. The molecule has 2 aliphatic rings. The van der Waals surface area contributed by atoms with E-state index in [0.29, 0.717) is 18.2 Å². The van der Waals surface area contributed by atoms with Gasteiger partial charge in [-0.2, -0.15) is 9.36 Å². The molecule has 0 spiro atoms. The van der Waals surface area contributed by atoms with Crippen molar-refractivity contribution in [3.63, 3.8) is 0 Å². The number of tetrazole rings is 1. The summed E-state index contributed by atoms with van der Waals surface area (Å²) in [6.45, 7) is 0.340. The number of fused-ring (bicyclic) bond motifs is 1. The number of β-lactam (4-membered cyclic amide) rings is 1. The Hall–Kier alpha value is -3.56. The Morgan fingerprint density at radius 1 is 1.35 bits per heavy atom. The molecule has 2 unspecified atom stereocenters. The van der Waals surface area contributed by atoms with Crippen LogP contribution in [-0.2, 0) is 30.6 Å². The molecule has 18 nitrogen and oxygen atoms in total. The molecular weight excluding hydrogens is 590 g/mol. The average Bonchev–Trinajstić information content (AvgIpc) is 3.55. The van der Waals surface area contributed by atoms with Gasteiger partial charge in [-0.15, -0.1) is 16.9 Å². The number of hydrogen-bond donors (Lipinski definition) is 4. The molecule has 2 aromatic rings. The van der Waals surface area contributed by atoms with Crippen LogP contribution >= 0.6 is 35.1 Å². The number of carboxylic acid groups (broad SMARTS) is 2. The lowest BCUT2D eigenvalue weighted by Crippen LogP contribution is -2.74. The van der Waals surface area contributed by atoms with E-state index in [-0.39, 0.29) is 29.0 Å². The molecule has 4 heterocycles. The first-order valence-electron chi connectivity index (χ1n) is 11.5. The van der Waals surface area contributed by atoms with Crippen LogP contribution in [0.2, 0.25) is 0 Å². The zero-order valence-corrected chi connectivity index (χ0v) is 23.6. The third-order valence-electron chi connectivity index (χ3n) is 5.83. The van der Waals surface area contributed by atoms with Gasteiger partial charge in [0.2, 0.25) is 29.2 Å². The van der Waals surface area contributed by atoms with E-state index in [1.807, 2.05) is 19.0 Å². The zero-order valence-electron chi connectivity index (χ0n) is 21.2. The molecule has 2 saturated heterocycles. The summed E-state index contributed by atoms with van der Waals surface area (Å²) >= 11 is 3.22. The van der Waals surface area contributed by atoms with E-state index in [0.717, 1.165) is 11.5 Å². The maximum absolute atomic E-state index is 13.0. The predicted molar refractivity (Wildman–Crippen MR) is 141 cm³/mol. The Kier molecular flexibility index (Phi) is 9.05. The number of likely N-dealkylation sites (N-methyl/N-ethyl adjacent to an activating group) is 1. The first-order chi connectivity index (χ1) is 19.0. The van der Waals surface area contributed by atoms with Crippen LogP contribution < -0.4 is 11.1 Å². The second-order valence-electron chi connectivity index (χ2n) is 9.04. The Morgan fingerprint density at radius 2 is 2.12 bits per heavy atom. The highest BCUT2D eigenvalue weighted by molar-refractivity contribution is 8.00. The molecule has 21 heteroatoms. The van der Waals surface area contributed by atoms with Gasteiger partial charge in [0.1, 0.15) is 16.8 Å². The van der Waals surface area contributed by atoms with Crippen LogP contribution in [0.5, 0.6) is 0 Å². The molecule has 2 aromatic heterocycles. The first-order valence-corrected chi connectivity index (χ1v) is 14.3. The van der Waals surface area contributed by atoms with Crippen LogP contribution in [0.15, 0.2) is 10.3 Å². The Labute approximate surface area is 238 Å². The smallest absolute Gasteiger partial charge is 0.344 e. The van der Waals surface area contributed by atoms with Crippen molar-refractivity contribution in [3.8, 4) is 0 Å². The fraction of sp³-hybridized carbons (Fsp3) is 0.579. The van der Waals surface area contributed by atoms with Gasteiger partial charge in [-0.05, 0) is 24.5 Å². The van der Waals surface area contributed by atoms with Gasteiger partial charge in [-0.25, -0.2) is 9.48 Å². The van der Waals surface area contributed by atoms with Gasteiger partial charge in [-0.3, -0.25) is 14.4 Å². The highest BCUT2D eigenvalue weighted by Crippen LogP contribution is 2.44. The number of anilines is 1. The molecule has 0 aromatic carbocycles. The Bertz CT molecular complexity index is 1320. The molecule has 5 N–H and O–H groups in total. The fourth-order valence-electron chi connectivity index (χ4n) is 3.72. The van der Waals surface area contributed by atoms with E-state index in [4.69, 9.17) is 10.8 Å². The summed E-state index contributed by atoms with van der Waals surface area (Å²) in [5.41, 5.74) is 3.85. The summed E-state index contributed by atoms with van der Waals surface area (Å²) in [5, 5.41) is 36.6. The van der Waals surface area contributed by atoms with E-state index in [2.05, 4.69) is 40.2 Å². The first kappa shape index (κ1) is 29.4. The number of nitrogen functional groups attached to an aromatic ring is 1.